The summed E-state index contributed by atoms with van der Waals surface area (Å²) in [6.07, 6.45) is 4.55. The zero-order valence-electron chi connectivity index (χ0n) is 28.8. The highest BCUT2D eigenvalue weighted by Crippen LogP contribution is 2.34. The summed E-state index contributed by atoms with van der Waals surface area (Å²) in [5.41, 5.74) is 12.0. The van der Waals surface area contributed by atoms with E-state index >= 15 is 0 Å². The Balaban J connectivity index is 1.01. The van der Waals surface area contributed by atoms with Crippen LogP contribution >= 0.6 is 0 Å². The van der Waals surface area contributed by atoms with Crippen molar-refractivity contribution < 1.29 is 0 Å². The number of dihydropyridines is 1. The number of hydrogen-bond acceptors (Lipinski definition) is 4. The Morgan fingerprint density at radius 2 is 0.846 bits per heavy atom. The molecule has 0 radical (unpaired) electrons. The van der Waals surface area contributed by atoms with Gasteiger partial charge in [-0.2, -0.15) is 0 Å². The molecule has 3 atom stereocenters. The molecule has 2 aliphatic rings. The van der Waals surface area contributed by atoms with Crippen molar-refractivity contribution in [1.29, 1.82) is 0 Å². The van der Waals surface area contributed by atoms with E-state index in [4.69, 9.17) is 0 Å². The summed E-state index contributed by atoms with van der Waals surface area (Å²) in [5, 5.41) is 17.6. The second kappa shape index (κ2) is 14.3. The molecule has 2 aliphatic heterocycles. The smallest absolute Gasteiger partial charge is 0.0864 e. The summed E-state index contributed by atoms with van der Waals surface area (Å²) in [6, 6.07) is 65.2. The van der Waals surface area contributed by atoms with Gasteiger partial charge in [0.25, 0.3) is 0 Å². The molecule has 4 N–H and O–H groups in total. The van der Waals surface area contributed by atoms with Crippen molar-refractivity contribution in [2.45, 2.75) is 24.5 Å². The van der Waals surface area contributed by atoms with Crippen molar-refractivity contribution >= 4 is 22.0 Å². The van der Waals surface area contributed by atoms with E-state index in [9.17, 15) is 0 Å². The number of rotatable bonds is 7. The molecule has 0 bridgehead atoms. The van der Waals surface area contributed by atoms with Gasteiger partial charge in [-0.3, -0.25) is 16.0 Å². The monoisotopic (exact) mass is 672 g/mol. The Hall–Kier alpha value is -6.04. The molecule has 9 rings (SSSR count). The summed E-state index contributed by atoms with van der Waals surface area (Å²) < 4.78 is 0. The molecule has 4 nitrogen and oxygen atoms in total. The molecule has 0 amide bonds. The summed E-state index contributed by atoms with van der Waals surface area (Å²) in [6.45, 7) is 0. The fourth-order valence-corrected chi connectivity index (χ4v) is 7.43. The van der Waals surface area contributed by atoms with Crippen LogP contribution in [0.5, 0.6) is 0 Å². The van der Waals surface area contributed by atoms with Crippen LogP contribution in [-0.2, 0) is 0 Å². The molecule has 52 heavy (non-hydrogen) atoms. The number of allylic oxidation sites excluding steroid dienone is 2. The second-order valence-corrected chi connectivity index (χ2v) is 13.6. The lowest BCUT2D eigenvalue weighted by molar-refractivity contribution is 0.203. The van der Waals surface area contributed by atoms with Gasteiger partial charge in [0, 0.05) is 5.70 Å². The van der Waals surface area contributed by atoms with Crippen molar-refractivity contribution in [2.24, 2.45) is 0 Å². The molecule has 252 valence electrons. The molecule has 7 aromatic rings. The van der Waals surface area contributed by atoms with Crippen molar-refractivity contribution in [3.05, 3.63) is 228 Å². The molecule has 0 aliphatic carbocycles. The van der Waals surface area contributed by atoms with Crippen LogP contribution < -0.4 is 21.3 Å². The maximum atomic E-state index is 3.82. The average Bonchev–Trinajstić information content (AvgIpc) is 3.24. The molecule has 4 heteroatoms. The predicted molar refractivity (Wildman–Crippen MR) is 215 cm³/mol. The molecule has 1 fully saturated rings. The SMILES string of the molecule is C1=C(c2ccc(-c3ccc4ccc(C5NC(c6ccccc6)NC(c6ccccc6)N5)cc4c3)cc2)C=C(c2ccccc2)NC1c1ccccc1. The Morgan fingerprint density at radius 3 is 1.46 bits per heavy atom. The third-order valence-electron chi connectivity index (χ3n) is 10.2. The Bertz CT molecular complexity index is 2300. The highest BCUT2D eigenvalue weighted by molar-refractivity contribution is 5.89. The predicted octanol–water partition coefficient (Wildman–Crippen LogP) is 10.5. The summed E-state index contributed by atoms with van der Waals surface area (Å²) >= 11 is 0. The maximum absolute atomic E-state index is 3.82. The van der Waals surface area contributed by atoms with Crippen LogP contribution in [0.15, 0.2) is 194 Å². The third kappa shape index (κ3) is 6.71. The lowest BCUT2D eigenvalue weighted by Crippen LogP contribution is -2.54. The topological polar surface area (TPSA) is 48.1 Å². The van der Waals surface area contributed by atoms with E-state index in [0.717, 1.165) is 5.70 Å². The van der Waals surface area contributed by atoms with E-state index in [1.54, 1.807) is 0 Å². The molecule has 0 saturated carbocycles. The number of fused-ring (bicyclic) bond motifs is 1. The largest absolute Gasteiger partial charge is 0.374 e. The van der Waals surface area contributed by atoms with Crippen molar-refractivity contribution in [2.75, 3.05) is 0 Å². The van der Waals surface area contributed by atoms with Gasteiger partial charge in [-0.25, -0.2) is 0 Å². The lowest BCUT2D eigenvalue weighted by atomic mass is 9.92. The first-order chi connectivity index (χ1) is 25.7. The molecule has 0 spiro atoms. The van der Waals surface area contributed by atoms with Gasteiger partial charge in [-0.15, -0.1) is 0 Å². The van der Waals surface area contributed by atoms with Gasteiger partial charge in [-0.1, -0.05) is 170 Å². The van der Waals surface area contributed by atoms with Crippen molar-refractivity contribution in [1.82, 2.24) is 21.3 Å². The van der Waals surface area contributed by atoms with E-state index in [1.165, 1.54) is 60.9 Å². The summed E-state index contributed by atoms with van der Waals surface area (Å²) in [4.78, 5) is 0. The van der Waals surface area contributed by atoms with Crippen molar-refractivity contribution in [3.8, 4) is 11.1 Å². The number of hydrogen-bond donors (Lipinski definition) is 4. The van der Waals surface area contributed by atoms with E-state index < -0.39 is 0 Å². The van der Waals surface area contributed by atoms with Crippen LogP contribution in [0.25, 0.3) is 33.2 Å². The lowest BCUT2D eigenvalue weighted by Gasteiger charge is -2.39. The standard InChI is InChI=1S/C48H40N4/c1-5-13-36(14-6-1)44-31-43(32-45(49-44)37-15-7-2-8-16-37)35-23-21-33(22-24-35)40-27-25-34-26-28-41(30-42(34)29-40)48-51-46(38-17-9-3-10-18-38)50-47(52-48)39-19-11-4-12-20-39/h1-32,44,46-52H. The van der Waals surface area contributed by atoms with Gasteiger partial charge in [0.2, 0.25) is 0 Å². The van der Waals surface area contributed by atoms with Gasteiger partial charge < -0.3 is 5.32 Å². The van der Waals surface area contributed by atoms with Crippen molar-refractivity contribution in [3.63, 3.8) is 0 Å². The zero-order valence-corrected chi connectivity index (χ0v) is 28.8. The van der Waals surface area contributed by atoms with E-state index in [-0.39, 0.29) is 24.5 Å². The average molecular weight is 673 g/mol. The summed E-state index contributed by atoms with van der Waals surface area (Å²) in [5.74, 6) is 0. The highest BCUT2D eigenvalue weighted by Gasteiger charge is 2.29. The van der Waals surface area contributed by atoms with Crippen LogP contribution in [0.2, 0.25) is 0 Å². The molecule has 2 heterocycles. The van der Waals surface area contributed by atoms with Crippen LogP contribution in [0, 0.1) is 0 Å². The quantitative estimate of drug-likeness (QED) is 0.136. The Kier molecular flexibility index (Phi) is 8.77. The first-order valence-corrected chi connectivity index (χ1v) is 18.1. The Morgan fingerprint density at radius 1 is 0.346 bits per heavy atom. The summed E-state index contributed by atoms with van der Waals surface area (Å²) in [7, 11) is 0. The molecule has 0 aromatic heterocycles. The zero-order chi connectivity index (χ0) is 34.7. The minimum absolute atomic E-state index is 0.00477. The van der Waals surface area contributed by atoms with Crippen LogP contribution in [0.1, 0.15) is 57.9 Å². The minimum Gasteiger partial charge on any atom is -0.374 e. The molecular formula is C48H40N4. The molecular weight excluding hydrogens is 633 g/mol. The van der Waals surface area contributed by atoms with Gasteiger partial charge in [-0.05, 0) is 85.1 Å². The molecule has 1 saturated heterocycles. The molecule has 7 aromatic carbocycles. The van der Waals surface area contributed by atoms with Gasteiger partial charge in [0.15, 0.2) is 0 Å². The first-order valence-electron chi connectivity index (χ1n) is 18.1. The normalized spacial score (nSPS) is 20.1. The first kappa shape index (κ1) is 31.9. The van der Waals surface area contributed by atoms with Gasteiger partial charge in [0.1, 0.15) is 0 Å². The molecule has 3 unspecified atom stereocenters. The van der Waals surface area contributed by atoms with Gasteiger partial charge >= 0.3 is 0 Å². The van der Waals surface area contributed by atoms with E-state index in [2.05, 4.69) is 215 Å². The number of nitrogens with one attached hydrogen (secondary N) is 4. The van der Waals surface area contributed by atoms with E-state index in [1.807, 2.05) is 0 Å². The Labute approximate surface area is 305 Å². The minimum atomic E-state index is -0.0456. The van der Waals surface area contributed by atoms with Gasteiger partial charge in [0.05, 0.1) is 24.5 Å². The second-order valence-electron chi connectivity index (χ2n) is 13.6. The van der Waals surface area contributed by atoms with E-state index in [0.29, 0.717) is 0 Å². The van der Waals surface area contributed by atoms with Crippen LogP contribution in [0.4, 0.5) is 0 Å². The number of benzene rings is 7. The fourth-order valence-electron chi connectivity index (χ4n) is 7.43. The fraction of sp³-hybridized carbons (Fsp3) is 0.0833. The maximum Gasteiger partial charge on any atom is 0.0864 e. The third-order valence-corrected chi connectivity index (χ3v) is 10.2. The van der Waals surface area contributed by atoms with Crippen LogP contribution in [0.3, 0.4) is 0 Å². The van der Waals surface area contributed by atoms with Crippen LogP contribution in [-0.4, -0.2) is 0 Å². The highest BCUT2D eigenvalue weighted by atomic mass is 15.4.